The second kappa shape index (κ2) is 7.94. The van der Waals surface area contributed by atoms with E-state index in [-0.39, 0.29) is 5.92 Å². The maximum Gasteiger partial charge on any atom is 0.307 e. The number of aryl methyl sites for hydroxylation is 1. The fourth-order valence-electron chi connectivity index (χ4n) is 2.08. The Balaban J connectivity index is 2.36. The smallest absolute Gasteiger partial charge is 0.307 e. The molecule has 0 aliphatic rings. The summed E-state index contributed by atoms with van der Waals surface area (Å²) >= 11 is 0. The zero-order valence-electron chi connectivity index (χ0n) is 12.1. The number of nitrogens with zero attached hydrogens (tertiary/aromatic N) is 2. The molecule has 19 heavy (non-hydrogen) atoms. The van der Waals surface area contributed by atoms with E-state index in [0.717, 1.165) is 18.5 Å². The van der Waals surface area contributed by atoms with Crippen LogP contribution >= 0.6 is 0 Å². The normalized spacial score (nSPS) is 12.8. The molecule has 0 saturated heterocycles. The molecule has 0 fully saturated rings. The summed E-state index contributed by atoms with van der Waals surface area (Å²) in [5.74, 6) is -0.635. The SMILES string of the molecule is CCCn1cc(CNCC(CC(C)C)C(=O)O)cn1. The molecule has 0 spiro atoms. The highest BCUT2D eigenvalue weighted by molar-refractivity contribution is 5.70. The first-order chi connectivity index (χ1) is 9.02. The average molecular weight is 267 g/mol. The molecule has 0 aliphatic heterocycles. The molecule has 0 aliphatic carbocycles. The largest absolute Gasteiger partial charge is 0.481 e. The van der Waals surface area contributed by atoms with Crippen LogP contribution < -0.4 is 5.32 Å². The molecule has 1 atom stereocenters. The predicted octanol–water partition coefficient (Wildman–Crippen LogP) is 2.13. The standard InChI is InChI=1S/C14H25N3O2/c1-4-5-17-10-12(8-16-17)7-15-9-13(14(18)19)6-11(2)3/h8,10-11,13,15H,4-7,9H2,1-3H3,(H,18,19). The number of hydrogen-bond donors (Lipinski definition) is 2. The number of hydrogen-bond acceptors (Lipinski definition) is 3. The first-order valence-electron chi connectivity index (χ1n) is 6.97. The van der Waals surface area contributed by atoms with Gasteiger partial charge in [0.05, 0.1) is 12.1 Å². The Kier molecular flexibility index (Phi) is 6.56. The minimum atomic E-state index is -0.720. The lowest BCUT2D eigenvalue weighted by atomic mass is 9.97. The zero-order valence-corrected chi connectivity index (χ0v) is 12.1. The second-order valence-corrected chi connectivity index (χ2v) is 5.41. The van der Waals surface area contributed by atoms with E-state index in [4.69, 9.17) is 5.11 Å². The van der Waals surface area contributed by atoms with Crippen molar-refractivity contribution in [3.8, 4) is 0 Å². The molecule has 2 N–H and O–H groups in total. The number of aliphatic carboxylic acids is 1. The van der Waals surface area contributed by atoms with Gasteiger partial charge in [0.15, 0.2) is 0 Å². The fraction of sp³-hybridized carbons (Fsp3) is 0.714. The van der Waals surface area contributed by atoms with Gasteiger partial charge in [0.1, 0.15) is 0 Å². The third-order valence-electron chi connectivity index (χ3n) is 2.96. The van der Waals surface area contributed by atoms with Crippen LogP contribution in [0, 0.1) is 11.8 Å². The Morgan fingerprint density at radius 3 is 2.84 bits per heavy atom. The van der Waals surface area contributed by atoms with Crippen LogP contribution in [0.4, 0.5) is 0 Å². The summed E-state index contributed by atoms with van der Waals surface area (Å²) in [5.41, 5.74) is 1.10. The van der Waals surface area contributed by atoms with E-state index in [0.29, 0.717) is 25.4 Å². The van der Waals surface area contributed by atoms with Crippen LogP contribution in [0.1, 0.15) is 39.2 Å². The third-order valence-corrected chi connectivity index (χ3v) is 2.96. The number of rotatable bonds is 9. The van der Waals surface area contributed by atoms with Crippen molar-refractivity contribution in [1.29, 1.82) is 0 Å². The van der Waals surface area contributed by atoms with E-state index in [1.165, 1.54) is 0 Å². The number of carbonyl (C=O) groups is 1. The Hall–Kier alpha value is -1.36. The van der Waals surface area contributed by atoms with Crippen LogP contribution in [0.3, 0.4) is 0 Å². The predicted molar refractivity (Wildman–Crippen MR) is 74.8 cm³/mol. The molecule has 0 radical (unpaired) electrons. The first kappa shape index (κ1) is 15.7. The number of carboxylic acids is 1. The van der Waals surface area contributed by atoms with Crippen LogP contribution in [-0.4, -0.2) is 27.4 Å². The lowest BCUT2D eigenvalue weighted by molar-refractivity contribution is -0.142. The minimum Gasteiger partial charge on any atom is -0.481 e. The summed E-state index contributed by atoms with van der Waals surface area (Å²) in [5, 5.41) is 16.6. The summed E-state index contributed by atoms with van der Waals surface area (Å²) in [6, 6.07) is 0. The molecule has 1 unspecified atom stereocenters. The van der Waals surface area contributed by atoms with Crippen molar-refractivity contribution >= 4 is 5.97 Å². The van der Waals surface area contributed by atoms with Crippen LogP contribution in [0.25, 0.3) is 0 Å². The van der Waals surface area contributed by atoms with Gasteiger partial charge in [0, 0.05) is 31.4 Å². The van der Waals surface area contributed by atoms with Crippen LogP contribution in [0.2, 0.25) is 0 Å². The zero-order chi connectivity index (χ0) is 14.3. The molecule has 1 rings (SSSR count). The highest BCUT2D eigenvalue weighted by Crippen LogP contribution is 2.11. The van der Waals surface area contributed by atoms with Gasteiger partial charge >= 0.3 is 5.97 Å². The quantitative estimate of drug-likeness (QED) is 0.719. The van der Waals surface area contributed by atoms with Gasteiger partial charge in [-0.1, -0.05) is 20.8 Å². The van der Waals surface area contributed by atoms with Crippen molar-refractivity contribution in [3.05, 3.63) is 18.0 Å². The lowest BCUT2D eigenvalue weighted by Gasteiger charge is -2.15. The average Bonchev–Trinajstić information content (AvgIpc) is 2.75. The number of aromatic nitrogens is 2. The summed E-state index contributed by atoms with van der Waals surface area (Å²) in [4.78, 5) is 11.1. The molecule has 108 valence electrons. The summed E-state index contributed by atoms with van der Waals surface area (Å²) < 4.78 is 1.92. The molecular formula is C14H25N3O2. The van der Waals surface area contributed by atoms with Crippen molar-refractivity contribution < 1.29 is 9.90 Å². The van der Waals surface area contributed by atoms with Crippen molar-refractivity contribution in [2.45, 2.75) is 46.7 Å². The van der Waals surface area contributed by atoms with E-state index < -0.39 is 5.97 Å². The van der Waals surface area contributed by atoms with Gasteiger partial charge in [-0.25, -0.2) is 0 Å². The van der Waals surface area contributed by atoms with Gasteiger partial charge in [-0.3, -0.25) is 9.48 Å². The van der Waals surface area contributed by atoms with Gasteiger partial charge in [-0.05, 0) is 18.8 Å². The number of nitrogens with one attached hydrogen (secondary N) is 1. The van der Waals surface area contributed by atoms with Crippen LogP contribution in [0.5, 0.6) is 0 Å². The Labute approximate surface area is 115 Å². The van der Waals surface area contributed by atoms with Gasteiger partial charge < -0.3 is 10.4 Å². The third kappa shape index (κ3) is 5.87. The molecule has 0 bridgehead atoms. The van der Waals surface area contributed by atoms with Gasteiger partial charge in [-0.15, -0.1) is 0 Å². The summed E-state index contributed by atoms with van der Waals surface area (Å²) in [6.45, 7) is 8.31. The highest BCUT2D eigenvalue weighted by Gasteiger charge is 2.18. The van der Waals surface area contributed by atoms with Crippen LogP contribution in [0.15, 0.2) is 12.4 Å². The molecule has 5 nitrogen and oxygen atoms in total. The molecule has 1 aromatic rings. The molecule has 1 heterocycles. The lowest BCUT2D eigenvalue weighted by Crippen LogP contribution is -2.29. The monoisotopic (exact) mass is 267 g/mol. The minimum absolute atomic E-state index is 0.314. The Morgan fingerprint density at radius 1 is 1.53 bits per heavy atom. The summed E-state index contributed by atoms with van der Waals surface area (Å²) in [7, 11) is 0. The molecule has 5 heteroatoms. The maximum absolute atomic E-state index is 11.1. The van der Waals surface area contributed by atoms with E-state index >= 15 is 0 Å². The highest BCUT2D eigenvalue weighted by atomic mass is 16.4. The summed E-state index contributed by atoms with van der Waals surface area (Å²) in [6.07, 6.45) is 5.61. The fourth-order valence-corrected chi connectivity index (χ4v) is 2.08. The molecular weight excluding hydrogens is 242 g/mol. The molecule has 0 amide bonds. The maximum atomic E-state index is 11.1. The molecule has 0 aromatic carbocycles. The van der Waals surface area contributed by atoms with Crippen molar-refractivity contribution in [2.75, 3.05) is 6.54 Å². The Bertz CT molecular complexity index is 388. The van der Waals surface area contributed by atoms with Gasteiger partial charge in [0.25, 0.3) is 0 Å². The molecule has 1 aromatic heterocycles. The number of carboxylic acid groups (broad SMARTS) is 1. The topological polar surface area (TPSA) is 67.2 Å². The van der Waals surface area contributed by atoms with Crippen molar-refractivity contribution in [1.82, 2.24) is 15.1 Å². The van der Waals surface area contributed by atoms with Crippen LogP contribution in [-0.2, 0) is 17.9 Å². The van der Waals surface area contributed by atoms with Crippen molar-refractivity contribution in [2.24, 2.45) is 11.8 Å². The second-order valence-electron chi connectivity index (χ2n) is 5.41. The van der Waals surface area contributed by atoms with E-state index in [9.17, 15) is 4.79 Å². The van der Waals surface area contributed by atoms with Gasteiger partial charge in [-0.2, -0.15) is 5.10 Å². The molecule has 0 saturated carbocycles. The van der Waals surface area contributed by atoms with Gasteiger partial charge in [0.2, 0.25) is 0 Å². The van der Waals surface area contributed by atoms with Crippen molar-refractivity contribution in [3.63, 3.8) is 0 Å². The van der Waals surface area contributed by atoms with E-state index in [2.05, 4.69) is 17.3 Å². The first-order valence-corrected chi connectivity index (χ1v) is 6.97. The van der Waals surface area contributed by atoms with E-state index in [1.54, 1.807) is 0 Å². The van der Waals surface area contributed by atoms with E-state index in [1.807, 2.05) is 30.9 Å². The Morgan fingerprint density at radius 2 is 2.26 bits per heavy atom.